The molecule has 1 rings (SSSR count). The molecule has 0 atom stereocenters. The molecule has 0 bridgehead atoms. The summed E-state index contributed by atoms with van der Waals surface area (Å²) in [6.07, 6.45) is 4.48. The van der Waals surface area contributed by atoms with Crippen LogP contribution in [0.3, 0.4) is 0 Å². The Hall–Kier alpha value is -1.62. The number of carboxylic acids is 1. The Balaban J connectivity index is 3.23. The third-order valence-corrected chi connectivity index (χ3v) is 2.90. The Morgan fingerprint density at radius 1 is 1.29 bits per heavy atom. The topological polar surface area (TPSA) is 55.8 Å². The van der Waals surface area contributed by atoms with Gasteiger partial charge in [0.05, 0.1) is 19.1 Å². The summed E-state index contributed by atoms with van der Waals surface area (Å²) in [7, 11) is 3.12. The first-order valence-corrected chi connectivity index (χ1v) is 6.05. The summed E-state index contributed by atoms with van der Waals surface area (Å²) in [5.74, 6) is 0.316. The van der Waals surface area contributed by atoms with Crippen molar-refractivity contribution in [2.75, 3.05) is 20.5 Å². The van der Waals surface area contributed by atoms with Gasteiger partial charge in [0.25, 0.3) is 0 Å². The van der Waals surface area contributed by atoms with Gasteiger partial charge in [-0.2, -0.15) is 0 Å². The van der Waals surface area contributed by atoms with Crippen LogP contribution in [0.2, 0.25) is 0 Å². The van der Waals surface area contributed by atoms with E-state index in [2.05, 4.69) is 0 Å². The number of aliphatic carboxylic acids is 1. The summed E-state index contributed by atoms with van der Waals surface area (Å²) < 4.78 is 10.4. The van der Waals surface area contributed by atoms with Gasteiger partial charge in [-0.1, -0.05) is 0 Å². The second-order valence-corrected chi connectivity index (χ2v) is 3.97. The molecule has 0 amide bonds. The Bertz CT molecular complexity index is 440. The summed E-state index contributed by atoms with van der Waals surface area (Å²) in [5, 5.41) is 8.60. The third kappa shape index (κ3) is 3.42. The summed E-state index contributed by atoms with van der Waals surface area (Å²) in [5.41, 5.74) is 0.671. The Morgan fingerprint density at radius 3 is 2.41 bits per heavy atom. The predicted molar refractivity (Wildman–Crippen MR) is 68.0 cm³/mol. The first-order valence-electron chi connectivity index (χ1n) is 4.83. The van der Waals surface area contributed by atoms with E-state index in [1.54, 1.807) is 20.3 Å². The molecular formula is C12H14O4S. The second kappa shape index (κ2) is 6.20. The maximum atomic E-state index is 10.5. The third-order valence-electron chi connectivity index (χ3n) is 2.14. The molecule has 5 heteroatoms. The van der Waals surface area contributed by atoms with Gasteiger partial charge in [-0.25, -0.2) is 4.79 Å². The van der Waals surface area contributed by atoms with Crippen LogP contribution in [0.25, 0.3) is 6.08 Å². The van der Waals surface area contributed by atoms with Crippen molar-refractivity contribution in [3.63, 3.8) is 0 Å². The van der Waals surface area contributed by atoms with Crippen LogP contribution >= 0.6 is 11.8 Å². The highest BCUT2D eigenvalue weighted by atomic mass is 32.2. The monoisotopic (exact) mass is 254 g/mol. The Labute approximate surface area is 104 Å². The maximum absolute atomic E-state index is 10.5. The molecule has 1 N–H and O–H groups in total. The van der Waals surface area contributed by atoms with E-state index < -0.39 is 5.97 Å². The number of ether oxygens (including phenoxy) is 2. The zero-order valence-electron chi connectivity index (χ0n) is 9.89. The van der Waals surface area contributed by atoms with Crippen LogP contribution in [0.4, 0.5) is 0 Å². The van der Waals surface area contributed by atoms with Crippen molar-refractivity contribution in [2.45, 2.75) is 4.90 Å². The molecular weight excluding hydrogens is 240 g/mol. The van der Waals surface area contributed by atoms with E-state index in [9.17, 15) is 4.79 Å². The standard InChI is InChI=1S/C12H14O4S/c1-15-9-7-11(17-3)10(16-2)6-8(9)4-5-12(13)14/h4-7H,1-3H3,(H,13,14)/b5-4+. The number of hydrogen-bond donors (Lipinski definition) is 1. The average Bonchev–Trinajstić information content (AvgIpc) is 2.34. The van der Waals surface area contributed by atoms with Gasteiger partial charge in [0.1, 0.15) is 11.5 Å². The van der Waals surface area contributed by atoms with Crippen molar-refractivity contribution >= 4 is 23.8 Å². The maximum Gasteiger partial charge on any atom is 0.328 e. The van der Waals surface area contributed by atoms with Crippen molar-refractivity contribution in [3.8, 4) is 11.5 Å². The quantitative estimate of drug-likeness (QED) is 0.646. The zero-order chi connectivity index (χ0) is 12.8. The van der Waals surface area contributed by atoms with Gasteiger partial charge in [-0.3, -0.25) is 0 Å². The molecule has 0 aliphatic heterocycles. The van der Waals surface area contributed by atoms with E-state index in [-0.39, 0.29) is 0 Å². The van der Waals surface area contributed by atoms with Crippen molar-refractivity contribution in [1.29, 1.82) is 0 Å². The van der Waals surface area contributed by atoms with Gasteiger partial charge in [-0.05, 0) is 24.5 Å². The lowest BCUT2D eigenvalue weighted by molar-refractivity contribution is -0.131. The van der Waals surface area contributed by atoms with Crippen molar-refractivity contribution in [2.24, 2.45) is 0 Å². The number of hydrogen-bond acceptors (Lipinski definition) is 4. The van der Waals surface area contributed by atoms with Crippen molar-refractivity contribution in [1.82, 2.24) is 0 Å². The molecule has 0 saturated heterocycles. The lowest BCUT2D eigenvalue weighted by Gasteiger charge is -2.11. The van der Waals surface area contributed by atoms with Crippen LogP contribution in [0.15, 0.2) is 23.1 Å². The molecule has 0 aromatic heterocycles. The van der Waals surface area contributed by atoms with Gasteiger partial charge >= 0.3 is 5.97 Å². The number of benzene rings is 1. The van der Waals surface area contributed by atoms with Gasteiger partial charge in [0.15, 0.2) is 0 Å². The molecule has 1 aromatic carbocycles. The van der Waals surface area contributed by atoms with Crippen LogP contribution in [-0.2, 0) is 4.79 Å². The summed E-state index contributed by atoms with van der Waals surface area (Å²) in [6.45, 7) is 0. The minimum Gasteiger partial charge on any atom is -0.496 e. The molecule has 0 spiro atoms. The lowest BCUT2D eigenvalue weighted by Crippen LogP contribution is -1.93. The largest absolute Gasteiger partial charge is 0.496 e. The highest BCUT2D eigenvalue weighted by Crippen LogP contribution is 2.35. The summed E-state index contributed by atoms with van der Waals surface area (Å²) in [4.78, 5) is 11.4. The number of methoxy groups -OCH3 is 2. The van der Waals surface area contributed by atoms with E-state index in [1.165, 1.54) is 17.8 Å². The molecule has 0 saturated carbocycles. The first-order chi connectivity index (χ1) is 8.12. The van der Waals surface area contributed by atoms with Gasteiger partial charge < -0.3 is 14.6 Å². The number of thioether (sulfide) groups is 1. The number of carboxylic acid groups (broad SMARTS) is 1. The van der Waals surface area contributed by atoms with E-state index in [0.29, 0.717) is 17.1 Å². The Morgan fingerprint density at radius 2 is 1.94 bits per heavy atom. The molecule has 0 aliphatic rings. The van der Waals surface area contributed by atoms with Crippen LogP contribution in [0.5, 0.6) is 11.5 Å². The molecule has 92 valence electrons. The van der Waals surface area contributed by atoms with E-state index in [1.807, 2.05) is 12.3 Å². The molecule has 0 heterocycles. The van der Waals surface area contributed by atoms with E-state index in [4.69, 9.17) is 14.6 Å². The zero-order valence-corrected chi connectivity index (χ0v) is 10.7. The normalized spacial score (nSPS) is 10.5. The van der Waals surface area contributed by atoms with Crippen LogP contribution in [0, 0.1) is 0 Å². The fraction of sp³-hybridized carbons (Fsp3) is 0.250. The SMILES string of the molecule is COc1cc(SC)c(OC)cc1/C=C/C(=O)O. The number of rotatable bonds is 5. The molecule has 0 aliphatic carbocycles. The minimum atomic E-state index is -1.00. The predicted octanol–water partition coefficient (Wildman–Crippen LogP) is 2.52. The number of carbonyl (C=O) groups is 1. The summed E-state index contributed by atoms with van der Waals surface area (Å²) in [6, 6.07) is 3.58. The van der Waals surface area contributed by atoms with Gasteiger partial charge in [0, 0.05) is 11.6 Å². The van der Waals surface area contributed by atoms with Crippen LogP contribution in [0.1, 0.15) is 5.56 Å². The van der Waals surface area contributed by atoms with E-state index in [0.717, 1.165) is 11.0 Å². The van der Waals surface area contributed by atoms with Crippen LogP contribution < -0.4 is 9.47 Å². The van der Waals surface area contributed by atoms with Gasteiger partial charge in [-0.15, -0.1) is 11.8 Å². The molecule has 0 radical (unpaired) electrons. The van der Waals surface area contributed by atoms with E-state index >= 15 is 0 Å². The lowest BCUT2D eigenvalue weighted by atomic mass is 10.1. The summed E-state index contributed by atoms with van der Waals surface area (Å²) >= 11 is 1.54. The molecule has 4 nitrogen and oxygen atoms in total. The van der Waals surface area contributed by atoms with Crippen molar-refractivity contribution < 1.29 is 19.4 Å². The Kier molecular flexibility index (Phi) is 4.90. The highest BCUT2D eigenvalue weighted by molar-refractivity contribution is 7.98. The fourth-order valence-corrected chi connectivity index (χ4v) is 1.91. The van der Waals surface area contributed by atoms with Crippen LogP contribution in [-0.4, -0.2) is 31.6 Å². The van der Waals surface area contributed by atoms with Gasteiger partial charge in [0.2, 0.25) is 0 Å². The first kappa shape index (κ1) is 13.4. The fourth-order valence-electron chi connectivity index (χ4n) is 1.34. The average molecular weight is 254 g/mol. The highest BCUT2D eigenvalue weighted by Gasteiger charge is 2.08. The second-order valence-electron chi connectivity index (χ2n) is 3.12. The molecule has 1 aromatic rings. The molecule has 17 heavy (non-hydrogen) atoms. The minimum absolute atomic E-state index is 0.618. The smallest absolute Gasteiger partial charge is 0.328 e. The molecule has 0 fully saturated rings. The molecule has 0 unspecified atom stereocenters. The van der Waals surface area contributed by atoms with Crippen molar-refractivity contribution in [3.05, 3.63) is 23.8 Å².